The van der Waals surface area contributed by atoms with Gasteiger partial charge in [0.05, 0.1) is 5.69 Å². The molecule has 6 heteroatoms. The molecule has 0 saturated heterocycles. The number of rotatable bonds is 3. The number of carbonyl (C=O) groups excluding carboxylic acids is 1. The van der Waals surface area contributed by atoms with E-state index < -0.39 is 0 Å². The van der Waals surface area contributed by atoms with Crippen molar-refractivity contribution in [2.45, 2.75) is 37.9 Å². The van der Waals surface area contributed by atoms with E-state index in [1.54, 1.807) is 6.20 Å². The van der Waals surface area contributed by atoms with E-state index in [0.29, 0.717) is 24.3 Å². The van der Waals surface area contributed by atoms with E-state index >= 15 is 0 Å². The topological polar surface area (TPSA) is 92.9 Å². The van der Waals surface area contributed by atoms with Crippen LogP contribution < -0.4 is 16.4 Å². The first kappa shape index (κ1) is 14.1. The number of nitrogens with zero attached hydrogens (tertiary/aromatic N) is 2. The summed E-state index contributed by atoms with van der Waals surface area (Å²) in [5.41, 5.74) is 9.07. The Bertz CT molecular complexity index is 743. The molecule has 118 valence electrons. The Balaban J connectivity index is 1.52. The molecule has 0 aromatic carbocycles. The SMILES string of the molecule is N[C@H]1CC[C@H](Nc2ccc(-c3ccc4c(n3)C(=O)NC4)cn2)C1. The van der Waals surface area contributed by atoms with Crippen molar-refractivity contribution in [3.63, 3.8) is 0 Å². The average Bonchev–Trinajstić information content (AvgIpc) is 3.14. The summed E-state index contributed by atoms with van der Waals surface area (Å²) in [5, 5.41) is 6.20. The maximum Gasteiger partial charge on any atom is 0.270 e. The maximum absolute atomic E-state index is 11.7. The van der Waals surface area contributed by atoms with Crippen molar-refractivity contribution in [2.24, 2.45) is 5.73 Å². The van der Waals surface area contributed by atoms with Crippen molar-refractivity contribution in [2.75, 3.05) is 5.32 Å². The molecule has 1 amide bonds. The van der Waals surface area contributed by atoms with Gasteiger partial charge in [0.15, 0.2) is 0 Å². The molecule has 1 aliphatic carbocycles. The van der Waals surface area contributed by atoms with Crippen LogP contribution in [0.3, 0.4) is 0 Å². The molecular formula is C17H19N5O. The molecule has 0 spiro atoms. The van der Waals surface area contributed by atoms with Crippen LogP contribution in [-0.4, -0.2) is 28.0 Å². The zero-order chi connectivity index (χ0) is 15.8. The summed E-state index contributed by atoms with van der Waals surface area (Å²) < 4.78 is 0. The molecule has 0 unspecified atom stereocenters. The molecule has 2 atom stereocenters. The number of nitrogens with two attached hydrogens (primary N) is 1. The summed E-state index contributed by atoms with van der Waals surface area (Å²) in [6, 6.07) is 8.51. The van der Waals surface area contributed by atoms with Crippen LogP contribution in [-0.2, 0) is 6.54 Å². The molecule has 0 bridgehead atoms. The standard InChI is InChI=1S/C17H19N5O/c18-12-3-4-13(7-12)21-15-6-2-10(8-19-15)14-5-1-11-9-20-17(23)16(11)22-14/h1-2,5-6,8,12-13H,3-4,7,9,18H2,(H,19,21)(H,20,23)/t12-,13-/m0/s1. The lowest BCUT2D eigenvalue weighted by molar-refractivity contribution is 0.0961. The Kier molecular flexibility index (Phi) is 3.46. The minimum Gasteiger partial charge on any atom is -0.367 e. The number of aromatic nitrogens is 2. The summed E-state index contributed by atoms with van der Waals surface area (Å²) in [7, 11) is 0. The van der Waals surface area contributed by atoms with Crippen molar-refractivity contribution >= 4 is 11.7 Å². The summed E-state index contributed by atoms with van der Waals surface area (Å²) in [4.78, 5) is 20.6. The first-order valence-corrected chi connectivity index (χ1v) is 7.96. The van der Waals surface area contributed by atoms with Crippen LogP contribution in [0, 0.1) is 0 Å². The van der Waals surface area contributed by atoms with Gasteiger partial charge in [-0.1, -0.05) is 6.07 Å². The van der Waals surface area contributed by atoms with Crippen molar-refractivity contribution < 1.29 is 4.79 Å². The molecule has 0 radical (unpaired) electrons. The van der Waals surface area contributed by atoms with E-state index in [4.69, 9.17) is 5.73 Å². The summed E-state index contributed by atoms with van der Waals surface area (Å²) in [5.74, 6) is 0.748. The molecule has 2 aliphatic rings. The average molecular weight is 309 g/mol. The van der Waals surface area contributed by atoms with E-state index in [-0.39, 0.29) is 5.91 Å². The fraction of sp³-hybridized carbons (Fsp3) is 0.353. The monoisotopic (exact) mass is 309 g/mol. The van der Waals surface area contributed by atoms with Gasteiger partial charge in [0.25, 0.3) is 5.91 Å². The highest BCUT2D eigenvalue weighted by molar-refractivity contribution is 5.96. The van der Waals surface area contributed by atoms with E-state index in [2.05, 4.69) is 20.6 Å². The van der Waals surface area contributed by atoms with Gasteiger partial charge in [-0.2, -0.15) is 0 Å². The van der Waals surface area contributed by atoms with Gasteiger partial charge in [-0.25, -0.2) is 9.97 Å². The van der Waals surface area contributed by atoms with Gasteiger partial charge in [0.2, 0.25) is 0 Å². The molecule has 1 aliphatic heterocycles. The second kappa shape index (κ2) is 5.62. The number of carbonyl (C=O) groups is 1. The third-order valence-corrected chi connectivity index (χ3v) is 4.52. The Labute approximate surface area is 134 Å². The quantitative estimate of drug-likeness (QED) is 0.802. The zero-order valence-electron chi connectivity index (χ0n) is 12.7. The van der Waals surface area contributed by atoms with Gasteiger partial charge in [-0.3, -0.25) is 4.79 Å². The molecule has 1 saturated carbocycles. The highest BCUT2D eigenvalue weighted by Gasteiger charge is 2.22. The van der Waals surface area contributed by atoms with Crippen LogP contribution in [0.1, 0.15) is 35.3 Å². The number of nitrogens with one attached hydrogen (secondary N) is 2. The molecule has 2 aromatic rings. The summed E-state index contributed by atoms with van der Waals surface area (Å²) >= 11 is 0. The van der Waals surface area contributed by atoms with Gasteiger partial charge in [-0.05, 0) is 37.5 Å². The van der Waals surface area contributed by atoms with Crippen LogP contribution in [0.15, 0.2) is 30.5 Å². The van der Waals surface area contributed by atoms with Gasteiger partial charge in [-0.15, -0.1) is 0 Å². The molecule has 23 heavy (non-hydrogen) atoms. The van der Waals surface area contributed by atoms with Crippen LogP contribution in [0.5, 0.6) is 0 Å². The van der Waals surface area contributed by atoms with Crippen LogP contribution in [0.25, 0.3) is 11.3 Å². The predicted octanol–water partition coefficient (Wildman–Crippen LogP) is 1.68. The lowest BCUT2D eigenvalue weighted by atomic mass is 10.1. The Morgan fingerprint density at radius 3 is 2.87 bits per heavy atom. The number of hydrogen-bond donors (Lipinski definition) is 3. The molecule has 4 rings (SSSR count). The lowest BCUT2D eigenvalue weighted by Crippen LogP contribution is -2.21. The van der Waals surface area contributed by atoms with E-state index in [0.717, 1.165) is 41.9 Å². The van der Waals surface area contributed by atoms with E-state index in [1.807, 2.05) is 24.3 Å². The molecule has 1 fully saturated rings. The Morgan fingerprint density at radius 2 is 2.13 bits per heavy atom. The van der Waals surface area contributed by atoms with Gasteiger partial charge in [0.1, 0.15) is 11.5 Å². The molecule has 4 N–H and O–H groups in total. The highest BCUT2D eigenvalue weighted by Crippen LogP contribution is 2.24. The molecule has 3 heterocycles. The Morgan fingerprint density at radius 1 is 1.22 bits per heavy atom. The zero-order valence-corrected chi connectivity index (χ0v) is 12.7. The minimum atomic E-state index is -0.106. The number of pyridine rings is 2. The number of amides is 1. The predicted molar refractivity (Wildman–Crippen MR) is 87.9 cm³/mol. The third kappa shape index (κ3) is 2.77. The maximum atomic E-state index is 11.7. The largest absolute Gasteiger partial charge is 0.367 e. The van der Waals surface area contributed by atoms with Crippen molar-refractivity contribution in [1.29, 1.82) is 0 Å². The van der Waals surface area contributed by atoms with Crippen LogP contribution >= 0.6 is 0 Å². The summed E-state index contributed by atoms with van der Waals surface area (Å²) in [6.45, 7) is 0.562. The van der Waals surface area contributed by atoms with Gasteiger partial charge >= 0.3 is 0 Å². The first-order chi connectivity index (χ1) is 11.2. The van der Waals surface area contributed by atoms with Crippen molar-refractivity contribution in [1.82, 2.24) is 15.3 Å². The molecular weight excluding hydrogens is 290 g/mol. The van der Waals surface area contributed by atoms with E-state index in [1.165, 1.54) is 0 Å². The van der Waals surface area contributed by atoms with Crippen LogP contribution in [0.2, 0.25) is 0 Å². The smallest absolute Gasteiger partial charge is 0.270 e. The van der Waals surface area contributed by atoms with Gasteiger partial charge in [0, 0.05) is 36.0 Å². The summed E-state index contributed by atoms with van der Waals surface area (Å²) in [6.07, 6.45) is 4.94. The van der Waals surface area contributed by atoms with E-state index in [9.17, 15) is 4.79 Å². The fourth-order valence-electron chi connectivity index (χ4n) is 3.23. The van der Waals surface area contributed by atoms with Crippen LogP contribution in [0.4, 0.5) is 5.82 Å². The number of hydrogen-bond acceptors (Lipinski definition) is 5. The first-order valence-electron chi connectivity index (χ1n) is 7.96. The minimum absolute atomic E-state index is 0.106. The second-order valence-corrected chi connectivity index (χ2v) is 6.23. The Hall–Kier alpha value is -2.47. The lowest BCUT2D eigenvalue weighted by Gasteiger charge is -2.13. The van der Waals surface area contributed by atoms with Crippen molar-refractivity contribution in [3.05, 3.63) is 41.7 Å². The highest BCUT2D eigenvalue weighted by atomic mass is 16.2. The van der Waals surface area contributed by atoms with Gasteiger partial charge < -0.3 is 16.4 Å². The third-order valence-electron chi connectivity index (χ3n) is 4.52. The molecule has 2 aromatic heterocycles. The number of fused-ring (bicyclic) bond motifs is 1. The fourth-order valence-corrected chi connectivity index (χ4v) is 3.23. The van der Waals surface area contributed by atoms with Crippen molar-refractivity contribution in [3.8, 4) is 11.3 Å². The number of anilines is 1. The normalized spacial score (nSPS) is 22.7. The molecule has 6 nitrogen and oxygen atoms in total. The second-order valence-electron chi connectivity index (χ2n) is 6.23.